The van der Waals surface area contributed by atoms with Crippen LogP contribution >= 0.6 is 12.4 Å². The summed E-state index contributed by atoms with van der Waals surface area (Å²) in [5.74, 6) is -0.173. The molecule has 2 aromatic rings. The molecule has 1 aliphatic carbocycles. The fourth-order valence-corrected chi connectivity index (χ4v) is 4.04. The summed E-state index contributed by atoms with van der Waals surface area (Å²) in [5.41, 5.74) is -0.116. The van der Waals surface area contributed by atoms with Gasteiger partial charge < -0.3 is 10.1 Å². The second kappa shape index (κ2) is 7.83. The Morgan fingerprint density at radius 2 is 1.75 bits per heavy atom. The number of nitrogens with zero attached hydrogens (tertiary/aromatic N) is 2. The molecule has 0 radical (unpaired) electrons. The van der Waals surface area contributed by atoms with Gasteiger partial charge >= 0.3 is 6.18 Å². The first-order chi connectivity index (χ1) is 12.8. The summed E-state index contributed by atoms with van der Waals surface area (Å²) < 4.78 is 59.9. The largest absolute Gasteiger partial charge is 0.473 e. The molecule has 152 valence electrons. The highest BCUT2D eigenvalue weighted by molar-refractivity contribution is 5.85. The van der Waals surface area contributed by atoms with Gasteiger partial charge in [-0.1, -0.05) is 6.07 Å². The lowest BCUT2D eigenvalue weighted by Gasteiger charge is -2.18. The molecule has 1 N–H and O–H groups in total. The number of fused-ring (bicyclic) bond motifs is 1. The van der Waals surface area contributed by atoms with Gasteiger partial charge in [0.2, 0.25) is 5.88 Å². The lowest BCUT2D eigenvalue weighted by Crippen LogP contribution is -2.21. The summed E-state index contributed by atoms with van der Waals surface area (Å²) in [6, 6.07) is 4.79. The van der Waals surface area contributed by atoms with E-state index in [2.05, 4.69) is 15.5 Å². The maximum atomic E-state index is 13.6. The Balaban J connectivity index is 0.00000225. The second-order valence-electron chi connectivity index (χ2n) is 7.30. The number of hydrogen-bond acceptors (Lipinski definition) is 4. The highest BCUT2D eigenvalue weighted by Crippen LogP contribution is 2.41. The lowest BCUT2D eigenvalue weighted by atomic mass is 10.0. The van der Waals surface area contributed by atoms with Crippen molar-refractivity contribution in [2.75, 3.05) is 13.1 Å². The van der Waals surface area contributed by atoms with E-state index >= 15 is 0 Å². The van der Waals surface area contributed by atoms with E-state index in [1.165, 1.54) is 12.1 Å². The lowest BCUT2D eigenvalue weighted by molar-refractivity contribution is -0.139. The van der Waals surface area contributed by atoms with Gasteiger partial charge in [-0.25, -0.2) is 4.39 Å². The van der Waals surface area contributed by atoms with Gasteiger partial charge in [-0.05, 0) is 68.5 Å². The number of nitrogens with one attached hydrogen (secondary N) is 1. The third-order valence-electron chi connectivity index (χ3n) is 5.43. The van der Waals surface area contributed by atoms with Gasteiger partial charge in [0.1, 0.15) is 17.5 Å². The zero-order chi connectivity index (χ0) is 19.2. The molecule has 2 heterocycles. The highest BCUT2D eigenvalue weighted by atomic mass is 35.5. The number of aromatic nitrogens is 2. The molecule has 4 rings (SSSR count). The van der Waals surface area contributed by atoms with E-state index < -0.39 is 23.4 Å². The smallest absolute Gasteiger partial charge is 0.421 e. The molecular weight excluding hydrogens is 398 g/mol. The summed E-state index contributed by atoms with van der Waals surface area (Å²) in [7, 11) is 0. The van der Waals surface area contributed by atoms with Crippen molar-refractivity contribution in [1.82, 2.24) is 15.5 Å². The number of halogens is 5. The van der Waals surface area contributed by atoms with Crippen LogP contribution < -0.4 is 10.1 Å². The molecule has 0 spiro atoms. The van der Waals surface area contributed by atoms with E-state index in [1.54, 1.807) is 6.92 Å². The van der Waals surface area contributed by atoms with Gasteiger partial charge in [0.15, 0.2) is 0 Å². The third kappa shape index (κ3) is 4.07. The van der Waals surface area contributed by atoms with Gasteiger partial charge in [0.25, 0.3) is 0 Å². The molecule has 9 heteroatoms. The van der Waals surface area contributed by atoms with Gasteiger partial charge in [-0.15, -0.1) is 22.6 Å². The van der Waals surface area contributed by atoms with Gasteiger partial charge in [-0.2, -0.15) is 13.2 Å². The van der Waals surface area contributed by atoms with Gasteiger partial charge in [-0.3, -0.25) is 0 Å². The Morgan fingerprint density at radius 1 is 1.07 bits per heavy atom. The van der Waals surface area contributed by atoms with E-state index in [4.69, 9.17) is 4.74 Å². The molecule has 28 heavy (non-hydrogen) atoms. The normalized spacial score (nSPS) is 24.0. The molecule has 1 aromatic heterocycles. The summed E-state index contributed by atoms with van der Waals surface area (Å²) >= 11 is 0. The Kier molecular flexibility index (Phi) is 5.82. The van der Waals surface area contributed by atoms with Crippen molar-refractivity contribution in [2.45, 2.75) is 32.0 Å². The minimum Gasteiger partial charge on any atom is -0.473 e. The van der Waals surface area contributed by atoms with Crippen LogP contribution in [-0.2, 0) is 6.18 Å². The molecule has 0 amide bonds. The van der Waals surface area contributed by atoms with Crippen LogP contribution in [0.15, 0.2) is 24.3 Å². The Hall–Kier alpha value is -1.93. The maximum Gasteiger partial charge on any atom is 0.421 e. The van der Waals surface area contributed by atoms with Crippen LogP contribution in [0.1, 0.15) is 24.0 Å². The summed E-state index contributed by atoms with van der Waals surface area (Å²) in [6.07, 6.45) is -3.51. The maximum absolute atomic E-state index is 13.6. The standard InChI is InChI=1S/C19H19F4N3O.ClH/c1-10-2-3-13(20)6-15(10)17-7-16(19(21,22)23)18(26-25-17)27-14-4-11-8-24-9-12(11)5-14;/h2-3,6-7,11-12,14,24H,4-5,8-9H2,1H3;1H/t11-,12+,14-;. The molecule has 4 nitrogen and oxygen atoms in total. The van der Waals surface area contributed by atoms with Crippen LogP contribution in [0.3, 0.4) is 0 Å². The summed E-state index contributed by atoms with van der Waals surface area (Å²) in [5, 5.41) is 10.9. The highest BCUT2D eigenvalue weighted by Gasteiger charge is 2.41. The van der Waals surface area contributed by atoms with Crippen LogP contribution in [-0.4, -0.2) is 29.4 Å². The molecule has 1 saturated heterocycles. The first-order valence-corrected chi connectivity index (χ1v) is 8.90. The zero-order valence-electron chi connectivity index (χ0n) is 15.1. The van der Waals surface area contributed by atoms with Crippen molar-refractivity contribution >= 4 is 12.4 Å². The number of alkyl halides is 3. The van der Waals surface area contributed by atoms with E-state index in [1.807, 2.05) is 0 Å². The topological polar surface area (TPSA) is 47.0 Å². The molecule has 1 saturated carbocycles. The first-order valence-electron chi connectivity index (χ1n) is 8.90. The molecule has 2 fully saturated rings. The Morgan fingerprint density at radius 3 is 2.39 bits per heavy atom. The Bertz CT molecular complexity index is 850. The van der Waals surface area contributed by atoms with Crippen molar-refractivity contribution in [3.8, 4) is 17.1 Å². The average molecular weight is 418 g/mol. The van der Waals surface area contributed by atoms with Crippen molar-refractivity contribution in [2.24, 2.45) is 11.8 Å². The van der Waals surface area contributed by atoms with Crippen LogP contribution in [0.25, 0.3) is 11.3 Å². The van der Waals surface area contributed by atoms with Crippen LogP contribution in [0.4, 0.5) is 17.6 Å². The number of aryl methyl sites for hydroxylation is 1. The van der Waals surface area contributed by atoms with Crippen LogP contribution in [0.5, 0.6) is 5.88 Å². The molecule has 0 bridgehead atoms. The molecule has 1 aliphatic heterocycles. The number of ether oxygens (including phenoxy) is 1. The van der Waals surface area contributed by atoms with Crippen molar-refractivity contribution in [1.29, 1.82) is 0 Å². The number of rotatable bonds is 3. The second-order valence-corrected chi connectivity index (χ2v) is 7.30. The molecule has 0 unspecified atom stereocenters. The van der Waals surface area contributed by atoms with Crippen molar-refractivity contribution in [3.63, 3.8) is 0 Å². The first kappa shape index (κ1) is 20.8. The number of benzene rings is 1. The minimum atomic E-state index is -4.64. The van der Waals surface area contributed by atoms with E-state index in [9.17, 15) is 17.6 Å². The quantitative estimate of drug-likeness (QED) is 0.751. The van der Waals surface area contributed by atoms with Gasteiger partial charge in [0.05, 0.1) is 5.69 Å². The Labute approximate surface area is 166 Å². The molecule has 1 aromatic carbocycles. The van der Waals surface area contributed by atoms with E-state index in [0.717, 1.165) is 25.2 Å². The van der Waals surface area contributed by atoms with Crippen LogP contribution in [0.2, 0.25) is 0 Å². The van der Waals surface area contributed by atoms with E-state index in [0.29, 0.717) is 30.2 Å². The fraction of sp³-hybridized carbons (Fsp3) is 0.474. The minimum absolute atomic E-state index is 0. The number of hydrogen-bond donors (Lipinski definition) is 1. The zero-order valence-corrected chi connectivity index (χ0v) is 15.9. The van der Waals surface area contributed by atoms with Crippen molar-refractivity contribution in [3.05, 3.63) is 41.2 Å². The predicted octanol–water partition coefficient (Wildman–Crippen LogP) is 4.41. The molecule has 3 atom stereocenters. The summed E-state index contributed by atoms with van der Waals surface area (Å²) in [4.78, 5) is 0. The predicted molar refractivity (Wildman–Crippen MR) is 97.9 cm³/mol. The van der Waals surface area contributed by atoms with E-state index in [-0.39, 0.29) is 29.8 Å². The monoisotopic (exact) mass is 417 g/mol. The van der Waals surface area contributed by atoms with Crippen LogP contribution in [0, 0.1) is 24.6 Å². The SMILES string of the molecule is Cc1ccc(F)cc1-c1cc(C(F)(F)F)c(O[C@H]2C[C@H]3CNC[C@H]3C2)nn1.Cl. The molecular formula is C19H20ClF4N3O. The third-order valence-corrected chi connectivity index (χ3v) is 5.43. The fourth-order valence-electron chi connectivity index (χ4n) is 4.04. The van der Waals surface area contributed by atoms with Crippen molar-refractivity contribution < 1.29 is 22.3 Å². The van der Waals surface area contributed by atoms with Gasteiger partial charge in [0, 0.05) is 5.56 Å². The summed E-state index contributed by atoms with van der Waals surface area (Å²) in [6.45, 7) is 3.43. The molecule has 2 aliphatic rings. The average Bonchev–Trinajstić information content (AvgIpc) is 3.18.